The molecular weight excluding hydrogens is 246 g/mol. The Morgan fingerprint density at radius 3 is 2.63 bits per heavy atom. The number of pyridine rings is 1. The van der Waals surface area contributed by atoms with Gasteiger partial charge in [0.25, 0.3) is 0 Å². The number of aryl methyl sites for hydroxylation is 1. The van der Waals surface area contributed by atoms with Crippen LogP contribution in [-0.2, 0) is 11.3 Å². The molecular formula is C13H19N3O3. The lowest BCUT2D eigenvalue weighted by Gasteiger charge is -2.19. The Balaban J connectivity index is 2.41. The summed E-state index contributed by atoms with van der Waals surface area (Å²) in [5, 5.41) is 14.1. The second-order valence-electron chi connectivity index (χ2n) is 4.99. The molecule has 3 N–H and O–H groups in total. The Bertz CT molecular complexity index is 472. The van der Waals surface area contributed by atoms with E-state index in [0.29, 0.717) is 6.54 Å². The fraction of sp³-hybridized carbons (Fsp3) is 0.462. The Kier molecular flexibility index (Phi) is 4.86. The second kappa shape index (κ2) is 6.17. The molecule has 0 bridgehead atoms. The first-order valence-corrected chi connectivity index (χ1v) is 5.98. The topological polar surface area (TPSA) is 91.3 Å². The monoisotopic (exact) mass is 265 g/mol. The Hall–Kier alpha value is -2.11. The maximum Gasteiger partial charge on any atom is 0.315 e. The molecule has 0 aliphatic heterocycles. The third-order valence-corrected chi connectivity index (χ3v) is 2.80. The van der Waals surface area contributed by atoms with E-state index >= 15 is 0 Å². The fourth-order valence-electron chi connectivity index (χ4n) is 1.31. The standard InChI is InChI=1S/C13H19N3O3/c1-9-5-4-6-14-10(9)7-15-12(19)16-8-13(2,3)11(17)18/h4-6H,7-8H2,1-3H3,(H,17,18)(H2,15,16,19). The molecule has 1 aromatic rings. The highest BCUT2D eigenvalue weighted by atomic mass is 16.4. The average molecular weight is 265 g/mol. The molecule has 1 heterocycles. The van der Waals surface area contributed by atoms with Crippen LogP contribution in [0.2, 0.25) is 0 Å². The van der Waals surface area contributed by atoms with Crippen molar-refractivity contribution in [2.75, 3.05) is 6.54 Å². The maximum absolute atomic E-state index is 11.6. The van der Waals surface area contributed by atoms with E-state index in [1.54, 1.807) is 20.0 Å². The summed E-state index contributed by atoms with van der Waals surface area (Å²) >= 11 is 0. The Morgan fingerprint density at radius 2 is 2.05 bits per heavy atom. The van der Waals surface area contributed by atoms with Crippen LogP contribution in [0.5, 0.6) is 0 Å². The third kappa shape index (κ3) is 4.57. The number of carbonyl (C=O) groups is 2. The smallest absolute Gasteiger partial charge is 0.315 e. The van der Waals surface area contributed by atoms with Crippen LogP contribution < -0.4 is 10.6 Å². The number of aliphatic carboxylic acids is 1. The summed E-state index contributed by atoms with van der Waals surface area (Å²) in [5.41, 5.74) is 0.793. The largest absolute Gasteiger partial charge is 0.481 e. The third-order valence-electron chi connectivity index (χ3n) is 2.80. The van der Waals surface area contributed by atoms with Crippen LogP contribution in [0.25, 0.3) is 0 Å². The maximum atomic E-state index is 11.6. The minimum absolute atomic E-state index is 0.0648. The van der Waals surface area contributed by atoms with Crippen LogP contribution >= 0.6 is 0 Å². The molecule has 0 atom stereocenters. The predicted molar refractivity (Wildman–Crippen MR) is 70.6 cm³/mol. The normalized spacial score (nSPS) is 10.9. The first-order valence-electron chi connectivity index (χ1n) is 5.98. The van der Waals surface area contributed by atoms with Crippen molar-refractivity contribution in [3.63, 3.8) is 0 Å². The van der Waals surface area contributed by atoms with Gasteiger partial charge in [-0.3, -0.25) is 9.78 Å². The summed E-state index contributed by atoms with van der Waals surface area (Å²) in [6.07, 6.45) is 1.66. The zero-order valence-electron chi connectivity index (χ0n) is 11.4. The summed E-state index contributed by atoms with van der Waals surface area (Å²) in [6.45, 7) is 5.40. The number of rotatable bonds is 5. The number of nitrogens with zero attached hydrogens (tertiary/aromatic N) is 1. The van der Waals surface area contributed by atoms with Gasteiger partial charge in [-0.2, -0.15) is 0 Å². The first-order chi connectivity index (χ1) is 8.83. The molecule has 2 amide bonds. The van der Waals surface area contributed by atoms with Crippen molar-refractivity contribution in [2.24, 2.45) is 5.41 Å². The van der Waals surface area contributed by atoms with Crippen molar-refractivity contribution in [3.8, 4) is 0 Å². The van der Waals surface area contributed by atoms with E-state index in [9.17, 15) is 9.59 Å². The van der Waals surface area contributed by atoms with Crippen LogP contribution in [-0.4, -0.2) is 28.6 Å². The molecule has 0 aliphatic rings. The number of carboxylic acids is 1. The van der Waals surface area contributed by atoms with Gasteiger partial charge in [-0.1, -0.05) is 6.07 Å². The Morgan fingerprint density at radius 1 is 1.37 bits per heavy atom. The van der Waals surface area contributed by atoms with E-state index in [-0.39, 0.29) is 6.54 Å². The summed E-state index contributed by atoms with van der Waals surface area (Å²) < 4.78 is 0. The lowest BCUT2D eigenvalue weighted by Crippen LogP contribution is -2.43. The highest BCUT2D eigenvalue weighted by Gasteiger charge is 2.27. The molecule has 0 saturated heterocycles. The van der Waals surface area contributed by atoms with Crippen LogP contribution in [0.15, 0.2) is 18.3 Å². The predicted octanol–water partition coefficient (Wildman–Crippen LogP) is 1.30. The van der Waals surface area contributed by atoms with Crippen LogP contribution in [0.1, 0.15) is 25.1 Å². The lowest BCUT2D eigenvalue weighted by molar-refractivity contribution is -0.146. The molecule has 0 saturated carbocycles. The molecule has 0 radical (unpaired) electrons. The summed E-state index contributed by atoms with van der Waals surface area (Å²) in [4.78, 5) is 26.6. The molecule has 19 heavy (non-hydrogen) atoms. The minimum Gasteiger partial charge on any atom is -0.481 e. The van der Waals surface area contributed by atoms with Gasteiger partial charge >= 0.3 is 12.0 Å². The van der Waals surface area contributed by atoms with E-state index in [1.807, 2.05) is 19.1 Å². The van der Waals surface area contributed by atoms with Crippen molar-refractivity contribution in [1.29, 1.82) is 0 Å². The van der Waals surface area contributed by atoms with Gasteiger partial charge in [-0.05, 0) is 32.4 Å². The Labute approximate surface area is 112 Å². The number of nitrogens with one attached hydrogen (secondary N) is 2. The molecule has 0 aliphatic carbocycles. The highest BCUT2D eigenvalue weighted by Crippen LogP contribution is 2.12. The van der Waals surface area contributed by atoms with Crippen molar-refractivity contribution in [2.45, 2.75) is 27.3 Å². The van der Waals surface area contributed by atoms with E-state index in [4.69, 9.17) is 5.11 Å². The summed E-state index contributed by atoms with van der Waals surface area (Å²) in [7, 11) is 0. The SMILES string of the molecule is Cc1cccnc1CNC(=O)NCC(C)(C)C(=O)O. The van der Waals surface area contributed by atoms with E-state index in [2.05, 4.69) is 15.6 Å². The van der Waals surface area contributed by atoms with Gasteiger partial charge in [0.15, 0.2) is 0 Å². The molecule has 0 unspecified atom stereocenters. The summed E-state index contributed by atoms with van der Waals surface area (Å²) in [5.74, 6) is -0.951. The number of carboxylic acid groups (broad SMARTS) is 1. The quantitative estimate of drug-likeness (QED) is 0.748. The van der Waals surface area contributed by atoms with E-state index in [1.165, 1.54) is 0 Å². The van der Waals surface area contributed by atoms with Crippen molar-refractivity contribution in [3.05, 3.63) is 29.6 Å². The number of amides is 2. The molecule has 0 spiro atoms. The lowest BCUT2D eigenvalue weighted by atomic mass is 9.94. The number of aromatic nitrogens is 1. The highest BCUT2D eigenvalue weighted by molar-refractivity contribution is 5.77. The van der Waals surface area contributed by atoms with Gasteiger partial charge < -0.3 is 15.7 Å². The van der Waals surface area contributed by atoms with E-state index < -0.39 is 17.4 Å². The molecule has 104 valence electrons. The number of hydrogen-bond donors (Lipinski definition) is 3. The van der Waals surface area contributed by atoms with Gasteiger partial charge in [0.05, 0.1) is 17.7 Å². The zero-order valence-corrected chi connectivity index (χ0v) is 11.4. The number of hydrogen-bond acceptors (Lipinski definition) is 3. The zero-order chi connectivity index (χ0) is 14.5. The van der Waals surface area contributed by atoms with Gasteiger partial charge in [0.2, 0.25) is 0 Å². The van der Waals surface area contributed by atoms with Gasteiger partial charge in [0.1, 0.15) is 0 Å². The molecule has 0 fully saturated rings. The second-order valence-corrected chi connectivity index (χ2v) is 4.99. The molecule has 1 rings (SSSR count). The van der Waals surface area contributed by atoms with Crippen LogP contribution in [0.3, 0.4) is 0 Å². The number of urea groups is 1. The van der Waals surface area contributed by atoms with Gasteiger partial charge in [-0.15, -0.1) is 0 Å². The van der Waals surface area contributed by atoms with Crippen molar-refractivity contribution in [1.82, 2.24) is 15.6 Å². The van der Waals surface area contributed by atoms with Gasteiger partial charge in [-0.25, -0.2) is 4.79 Å². The molecule has 1 aromatic heterocycles. The van der Waals surface area contributed by atoms with Crippen LogP contribution in [0, 0.1) is 12.3 Å². The molecule has 6 nitrogen and oxygen atoms in total. The van der Waals surface area contributed by atoms with E-state index in [0.717, 1.165) is 11.3 Å². The molecule has 0 aromatic carbocycles. The average Bonchev–Trinajstić information content (AvgIpc) is 2.35. The molecule has 6 heteroatoms. The first kappa shape index (κ1) is 14.9. The fourth-order valence-corrected chi connectivity index (χ4v) is 1.31. The van der Waals surface area contributed by atoms with Crippen LogP contribution in [0.4, 0.5) is 4.79 Å². The van der Waals surface area contributed by atoms with Crippen molar-refractivity contribution < 1.29 is 14.7 Å². The summed E-state index contributed by atoms with van der Waals surface area (Å²) in [6, 6.07) is 3.34. The van der Waals surface area contributed by atoms with Gasteiger partial charge in [0, 0.05) is 12.7 Å². The van der Waals surface area contributed by atoms with Crippen molar-refractivity contribution >= 4 is 12.0 Å². The minimum atomic E-state index is -0.988. The number of carbonyl (C=O) groups excluding carboxylic acids is 1.